The highest BCUT2D eigenvalue weighted by molar-refractivity contribution is 5.94. The Labute approximate surface area is 218 Å². The van der Waals surface area contributed by atoms with Gasteiger partial charge in [0.05, 0.1) is 12.6 Å². The fraction of sp³-hybridized carbons (Fsp3) is 0.308. The van der Waals surface area contributed by atoms with Gasteiger partial charge < -0.3 is 42.0 Å². The SMILES string of the molecule is CC(NC(=O)C(Cc1ccc(O)cc1)NC(=O)C(N)Cc1c[nH]c2ccccc12)C(=O)NC(CO)C(=O)O. The van der Waals surface area contributed by atoms with Crippen molar-refractivity contribution in [2.24, 2.45) is 5.73 Å². The first kappa shape index (κ1) is 28.2. The van der Waals surface area contributed by atoms with Crippen molar-refractivity contribution < 1.29 is 34.5 Å². The first-order chi connectivity index (χ1) is 18.1. The number of aliphatic hydroxyl groups excluding tert-OH is 1. The van der Waals surface area contributed by atoms with Crippen molar-refractivity contribution >= 4 is 34.6 Å². The third-order valence-electron chi connectivity index (χ3n) is 6.01. The largest absolute Gasteiger partial charge is 0.508 e. The van der Waals surface area contributed by atoms with Gasteiger partial charge in [0.1, 0.15) is 23.9 Å². The minimum atomic E-state index is -1.53. The molecular formula is C26H31N5O7. The Morgan fingerprint density at radius 2 is 1.55 bits per heavy atom. The van der Waals surface area contributed by atoms with Crippen molar-refractivity contribution in [3.8, 4) is 5.75 Å². The van der Waals surface area contributed by atoms with Crippen LogP contribution in [0.3, 0.4) is 0 Å². The monoisotopic (exact) mass is 525 g/mol. The first-order valence-corrected chi connectivity index (χ1v) is 11.9. The van der Waals surface area contributed by atoms with E-state index in [4.69, 9.17) is 15.9 Å². The lowest BCUT2D eigenvalue weighted by atomic mass is 10.0. The Balaban J connectivity index is 1.71. The van der Waals surface area contributed by atoms with Gasteiger partial charge >= 0.3 is 5.97 Å². The molecule has 0 aliphatic rings. The summed E-state index contributed by atoms with van der Waals surface area (Å²) in [6.07, 6.45) is 2.01. The molecule has 0 aliphatic carbocycles. The standard InChI is InChI=1S/C26H31N5O7/c1-14(23(34)31-22(13-32)26(37)38)29-25(36)21(10-15-6-8-17(33)9-7-15)30-24(35)19(27)11-16-12-28-20-5-3-2-4-18(16)20/h2-9,12,14,19,21-22,28,32-33H,10-11,13,27H2,1H3,(H,29,36)(H,30,35)(H,31,34)(H,37,38). The Bertz CT molecular complexity index is 1290. The zero-order chi connectivity index (χ0) is 27.8. The molecule has 1 heterocycles. The van der Waals surface area contributed by atoms with E-state index >= 15 is 0 Å². The average Bonchev–Trinajstić information content (AvgIpc) is 3.30. The number of fused-ring (bicyclic) bond motifs is 1. The van der Waals surface area contributed by atoms with Crippen LogP contribution in [0.4, 0.5) is 0 Å². The maximum Gasteiger partial charge on any atom is 0.328 e. The molecule has 0 bridgehead atoms. The molecule has 1 aromatic heterocycles. The van der Waals surface area contributed by atoms with Gasteiger partial charge in [-0.1, -0.05) is 30.3 Å². The average molecular weight is 526 g/mol. The van der Waals surface area contributed by atoms with Gasteiger partial charge in [0.25, 0.3) is 0 Å². The number of H-pyrrole nitrogens is 1. The number of nitrogens with one attached hydrogen (secondary N) is 4. The van der Waals surface area contributed by atoms with Crippen LogP contribution in [-0.2, 0) is 32.0 Å². The molecule has 0 radical (unpaired) electrons. The molecule has 0 spiro atoms. The smallest absolute Gasteiger partial charge is 0.328 e. The fourth-order valence-corrected chi connectivity index (χ4v) is 3.85. The number of hydrogen-bond donors (Lipinski definition) is 8. The summed E-state index contributed by atoms with van der Waals surface area (Å²) in [5.74, 6) is -3.52. The Morgan fingerprint density at radius 1 is 0.895 bits per heavy atom. The van der Waals surface area contributed by atoms with Crippen LogP contribution in [0.1, 0.15) is 18.1 Å². The number of amides is 3. The van der Waals surface area contributed by atoms with Crippen LogP contribution in [0, 0.1) is 0 Å². The Hall–Kier alpha value is -4.42. The summed E-state index contributed by atoms with van der Waals surface area (Å²) in [7, 11) is 0. The zero-order valence-electron chi connectivity index (χ0n) is 20.7. The number of nitrogens with two attached hydrogens (primary N) is 1. The van der Waals surface area contributed by atoms with E-state index in [9.17, 15) is 24.3 Å². The van der Waals surface area contributed by atoms with Crippen LogP contribution in [0.2, 0.25) is 0 Å². The van der Waals surface area contributed by atoms with E-state index in [0.29, 0.717) is 5.56 Å². The van der Waals surface area contributed by atoms with Gasteiger partial charge in [-0.05, 0) is 42.7 Å². The molecule has 12 heteroatoms. The molecule has 4 unspecified atom stereocenters. The highest BCUT2D eigenvalue weighted by atomic mass is 16.4. The first-order valence-electron chi connectivity index (χ1n) is 11.9. The van der Waals surface area contributed by atoms with E-state index < -0.39 is 54.5 Å². The number of carboxylic acids is 1. The van der Waals surface area contributed by atoms with Crippen molar-refractivity contribution in [1.82, 2.24) is 20.9 Å². The molecule has 2 aromatic carbocycles. The van der Waals surface area contributed by atoms with Gasteiger partial charge in [-0.25, -0.2) is 4.79 Å². The lowest BCUT2D eigenvalue weighted by molar-refractivity contribution is -0.143. The van der Waals surface area contributed by atoms with Crippen LogP contribution >= 0.6 is 0 Å². The maximum atomic E-state index is 13.1. The summed E-state index contributed by atoms with van der Waals surface area (Å²) in [5.41, 5.74) is 8.54. The molecular weight excluding hydrogens is 494 g/mol. The number of aromatic amines is 1. The lowest BCUT2D eigenvalue weighted by Gasteiger charge is -2.23. The number of para-hydroxylation sites is 1. The van der Waals surface area contributed by atoms with Crippen molar-refractivity contribution in [3.05, 3.63) is 65.9 Å². The van der Waals surface area contributed by atoms with Crippen molar-refractivity contribution in [1.29, 1.82) is 0 Å². The Morgan fingerprint density at radius 3 is 2.21 bits per heavy atom. The summed E-state index contributed by atoms with van der Waals surface area (Å²) in [4.78, 5) is 52.7. The predicted octanol–water partition coefficient (Wildman–Crippen LogP) is -0.463. The lowest BCUT2D eigenvalue weighted by Crippen LogP contribution is -2.57. The fourth-order valence-electron chi connectivity index (χ4n) is 3.85. The van der Waals surface area contributed by atoms with Crippen LogP contribution in [-0.4, -0.2) is 74.8 Å². The second-order valence-corrected chi connectivity index (χ2v) is 8.91. The molecule has 12 nitrogen and oxygen atoms in total. The van der Waals surface area contributed by atoms with Gasteiger partial charge in [0, 0.05) is 23.5 Å². The van der Waals surface area contributed by atoms with E-state index in [1.165, 1.54) is 19.1 Å². The van der Waals surface area contributed by atoms with Crippen molar-refractivity contribution in [2.45, 2.75) is 43.9 Å². The molecule has 0 saturated carbocycles. The van der Waals surface area contributed by atoms with E-state index in [1.54, 1.807) is 18.3 Å². The van der Waals surface area contributed by atoms with E-state index in [-0.39, 0.29) is 18.6 Å². The highest BCUT2D eigenvalue weighted by Crippen LogP contribution is 2.19. The third kappa shape index (κ3) is 7.31. The molecule has 0 fully saturated rings. The molecule has 0 aliphatic heterocycles. The van der Waals surface area contributed by atoms with Crippen LogP contribution < -0.4 is 21.7 Å². The van der Waals surface area contributed by atoms with E-state index in [2.05, 4.69) is 20.9 Å². The summed E-state index contributed by atoms with van der Waals surface area (Å²) in [6, 6.07) is 8.79. The van der Waals surface area contributed by atoms with E-state index in [0.717, 1.165) is 16.5 Å². The number of aromatic hydroxyl groups is 1. The molecule has 0 saturated heterocycles. The number of aliphatic carboxylic acids is 1. The number of phenolic OH excluding ortho intramolecular Hbond substituents is 1. The molecule has 3 aromatic rings. The normalized spacial score (nSPS) is 14.2. The van der Waals surface area contributed by atoms with Gasteiger partial charge in [-0.15, -0.1) is 0 Å². The minimum Gasteiger partial charge on any atom is -0.508 e. The number of aliphatic hydroxyl groups is 1. The number of aromatic nitrogens is 1. The topological polar surface area (TPSA) is 207 Å². The number of hydrogen-bond acceptors (Lipinski definition) is 7. The second kappa shape index (κ2) is 12.7. The van der Waals surface area contributed by atoms with Crippen molar-refractivity contribution in [2.75, 3.05) is 6.61 Å². The van der Waals surface area contributed by atoms with Gasteiger partial charge in [-0.3, -0.25) is 14.4 Å². The quantitative estimate of drug-likeness (QED) is 0.155. The highest BCUT2D eigenvalue weighted by Gasteiger charge is 2.28. The number of carbonyl (C=O) groups is 4. The summed E-state index contributed by atoms with van der Waals surface area (Å²) in [5, 5.41) is 35.8. The number of carboxylic acid groups (broad SMARTS) is 1. The molecule has 9 N–H and O–H groups in total. The summed E-state index contributed by atoms with van der Waals surface area (Å²) in [6.45, 7) is 0.515. The number of benzene rings is 2. The molecule has 202 valence electrons. The molecule has 3 rings (SSSR count). The molecule has 4 atom stereocenters. The van der Waals surface area contributed by atoms with Crippen LogP contribution in [0.15, 0.2) is 54.7 Å². The minimum absolute atomic E-state index is 0.0282. The number of rotatable bonds is 12. The second-order valence-electron chi connectivity index (χ2n) is 8.91. The number of phenols is 1. The zero-order valence-corrected chi connectivity index (χ0v) is 20.7. The van der Waals surface area contributed by atoms with Gasteiger partial charge in [0.15, 0.2) is 0 Å². The molecule has 3 amide bonds. The maximum absolute atomic E-state index is 13.1. The van der Waals surface area contributed by atoms with Crippen molar-refractivity contribution in [3.63, 3.8) is 0 Å². The van der Waals surface area contributed by atoms with Gasteiger partial charge in [-0.2, -0.15) is 0 Å². The van der Waals surface area contributed by atoms with Gasteiger partial charge in [0.2, 0.25) is 17.7 Å². The van der Waals surface area contributed by atoms with Crippen LogP contribution in [0.25, 0.3) is 10.9 Å². The summed E-state index contributed by atoms with van der Waals surface area (Å²) >= 11 is 0. The number of carbonyl (C=O) groups excluding carboxylic acids is 3. The predicted molar refractivity (Wildman–Crippen MR) is 138 cm³/mol. The molecule has 38 heavy (non-hydrogen) atoms. The third-order valence-corrected chi connectivity index (χ3v) is 6.01. The summed E-state index contributed by atoms with van der Waals surface area (Å²) < 4.78 is 0. The van der Waals surface area contributed by atoms with E-state index in [1.807, 2.05) is 24.3 Å². The van der Waals surface area contributed by atoms with Crippen LogP contribution in [0.5, 0.6) is 5.75 Å². The Kier molecular flexibility index (Phi) is 9.41.